The average Bonchev–Trinajstić information content (AvgIpc) is 3.33. The summed E-state index contributed by atoms with van der Waals surface area (Å²) in [4.78, 5) is 6.70. The van der Waals surface area contributed by atoms with Gasteiger partial charge in [0.25, 0.3) is 10.0 Å². The molecule has 2 aromatic carbocycles. The third kappa shape index (κ3) is 4.27. The number of benzene rings is 2. The maximum Gasteiger partial charge on any atom is 0.269 e. The molecule has 0 spiro atoms. The average molecular weight is 489 g/mol. The lowest BCUT2D eigenvalue weighted by Gasteiger charge is -2.30. The SMILES string of the molecule is COc1cc(N2CCNCC2)ccc1Nc1cc2c(ccn2S(=O)(=O)c2ccccc2C#N)cn1. The third-order valence-electron chi connectivity index (χ3n) is 6.01. The van der Waals surface area contributed by atoms with Crippen molar-refractivity contribution >= 4 is 38.1 Å². The smallest absolute Gasteiger partial charge is 0.269 e. The van der Waals surface area contributed by atoms with E-state index in [1.165, 1.54) is 22.3 Å². The predicted octanol–water partition coefficient (Wildman–Crippen LogP) is 3.31. The van der Waals surface area contributed by atoms with Crippen LogP contribution in [-0.4, -0.2) is 50.7 Å². The molecular formula is C25H24N6O3S. The Balaban J connectivity index is 1.49. The number of pyridine rings is 1. The lowest BCUT2D eigenvalue weighted by Crippen LogP contribution is -2.43. The van der Waals surface area contributed by atoms with E-state index in [9.17, 15) is 13.7 Å². The van der Waals surface area contributed by atoms with Crippen LogP contribution in [0.5, 0.6) is 5.75 Å². The first-order chi connectivity index (χ1) is 17.0. The van der Waals surface area contributed by atoms with Crippen LogP contribution in [0.3, 0.4) is 0 Å². The van der Waals surface area contributed by atoms with Gasteiger partial charge in [-0.25, -0.2) is 17.4 Å². The van der Waals surface area contributed by atoms with Crippen LogP contribution in [0.2, 0.25) is 0 Å². The standard InChI is InChI=1S/C25H24N6O3S/c1-34-23-14-20(30-12-9-27-10-13-30)6-7-21(23)29-25-15-22-19(17-28-25)8-11-31(22)35(32,33)24-5-3-2-4-18(24)16-26/h2-8,11,14-15,17,27H,9-10,12-13H2,1H3,(H,28,29). The minimum absolute atomic E-state index is 0.0449. The summed E-state index contributed by atoms with van der Waals surface area (Å²) in [7, 11) is -2.37. The van der Waals surface area contributed by atoms with Gasteiger partial charge in [0.1, 0.15) is 22.5 Å². The van der Waals surface area contributed by atoms with Crippen molar-refractivity contribution in [1.29, 1.82) is 5.26 Å². The summed E-state index contributed by atoms with van der Waals surface area (Å²) < 4.78 is 33.6. The Kier molecular flexibility index (Phi) is 6.03. The van der Waals surface area contributed by atoms with Gasteiger partial charge >= 0.3 is 0 Å². The molecular weight excluding hydrogens is 464 g/mol. The summed E-state index contributed by atoms with van der Waals surface area (Å²) in [6.45, 7) is 3.73. The van der Waals surface area contributed by atoms with Crippen molar-refractivity contribution in [3.8, 4) is 11.8 Å². The number of rotatable bonds is 6. The van der Waals surface area contributed by atoms with Crippen LogP contribution in [0, 0.1) is 11.3 Å². The van der Waals surface area contributed by atoms with Gasteiger partial charge in [-0.3, -0.25) is 0 Å². The normalized spacial score (nSPS) is 14.0. The van der Waals surface area contributed by atoms with E-state index >= 15 is 0 Å². The molecule has 35 heavy (non-hydrogen) atoms. The topological polar surface area (TPSA) is 112 Å². The van der Waals surface area contributed by atoms with Gasteiger partial charge in [0, 0.05) is 61.8 Å². The van der Waals surface area contributed by atoms with Crippen LogP contribution >= 0.6 is 0 Å². The number of nitrogens with zero attached hydrogens (tertiary/aromatic N) is 4. The van der Waals surface area contributed by atoms with Gasteiger partial charge in [0.05, 0.1) is 23.9 Å². The molecule has 1 fully saturated rings. The highest BCUT2D eigenvalue weighted by molar-refractivity contribution is 7.90. The molecule has 10 heteroatoms. The number of methoxy groups -OCH3 is 1. The van der Waals surface area contributed by atoms with Crippen molar-refractivity contribution in [2.24, 2.45) is 0 Å². The molecule has 2 aromatic heterocycles. The molecule has 0 unspecified atom stereocenters. The summed E-state index contributed by atoms with van der Waals surface area (Å²) >= 11 is 0. The van der Waals surface area contributed by atoms with Crippen LogP contribution in [-0.2, 0) is 10.0 Å². The minimum atomic E-state index is -3.98. The first kappa shape index (κ1) is 22.7. The lowest BCUT2D eigenvalue weighted by atomic mass is 10.2. The molecule has 0 saturated carbocycles. The Hall–Kier alpha value is -4.07. The largest absolute Gasteiger partial charge is 0.494 e. The Labute approximate surface area is 203 Å². The number of hydrogen-bond donors (Lipinski definition) is 2. The summed E-state index contributed by atoms with van der Waals surface area (Å²) in [5, 5.41) is 16.6. The number of anilines is 3. The number of aromatic nitrogens is 2. The van der Waals surface area contributed by atoms with Crippen LogP contribution in [0.1, 0.15) is 5.56 Å². The molecule has 4 aromatic rings. The fourth-order valence-corrected chi connectivity index (χ4v) is 5.70. The highest BCUT2D eigenvalue weighted by Crippen LogP contribution is 2.33. The molecule has 9 nitrogen and oxygen atoms in total. The van der Waals surface area contributed by atoms with Crippen LogP contribution < -0.4 is 20.3 Å². The first-order valence-electron chi connectivity index (χ1n) is 11.1. The van der Waals surface area contributed by atoms with Gasteiger partial charge in [-0.05, 0) is 30.3 Å². The van der Waals surface area contributed by atoms with E-state index in [-0.39, 0.29) is 10.5 Å². The molecule has 5 rings (SSSR count). The van der Waals surface area contributed by atoms with Crippen molar-refractivity contribution in [2.45, 2.75) is 4.90 Å². The van der Waals surface area contributed by atoms with E-state index in [0.717, 1.165) is 31.9 Å². The van der Waals surface area contributed by atoms with Gasteiger partial charge in [-0.2, -0.15) is 5.26 Å². The van der Waals surface area contributed by atoms with E-state index in [1.54, 1.807) is 37.6 Å². The first-order valence-corrected chi connectivity index (χ1v) is 12.6. The molecule has 0 bridgehead atoms. The molecule has 2 N–H and O–H groups in total. The molecule has 0 radical (unpaired) electrons. The second kappa shape index (κ2) is 9.29. The molecule has 0 aliphatic carbocycles. The van der Waals surface area contributed by atoms with Crippen LogP contribution in [0.4, 0.5) is 17.2 Å². The highest BCUT2D eigenvalue weighted by Gasteiger charge is 2.22. The molecule has 1 aliphatic rings. The number of nitrogens with one attached hydrogen (secondary N) is 2. The monoisotopic (exact) mass is 488 g/mol. The van der Waals surface area contributed by atoms with E-state index in [4.69, 9.17) is 4.74 Å². The second-order valence-electron chi connectivity index (χ2n) is 8.10. The van der Waals surface area contributed by atoms with E-state index in [0.29, 0.717) is 28.2 Å². The highest BCUT2D eigenvalue weighted by atomic mass is 32.2. The number of ether oxygens (including phenoxy) is 1. The van der Waals surface area contributed by atoms with Crippen molar-refractivity contribution in [3.63, 3.8) is 0 Å². The quantitative estimate of drug-likeness (QED) is 0.425. The molecule has 1 saturated heterocycles. The van der Waals surface area contributed by atoms with Crippen molar-refractivity contribution in [1.82, 2.24) is 14.3 Å². The maximum absolute atomic E-state index is 13.4. The van der Waals surface area contributed by atoms with Crippen molar-refractivity contribution < 1.29 is 13.2 Å². The number of piperazine rings is 1. The molecule has 0 amide bonds. The zero-order valence-electron chi connectivity index (χ0n) is 19.1. The van der Waals surface area contributed by atoms with Gasteiger partial charge in [0.15, 0.2) is 0 Å². The Morgan fingerprint density at radius 3 is 2.69 bits per heavy atom. The van der Waals surface area contributed by atoms with Gasteiger partial charge in [0.2, 0.25) is 0 Å². The van der Waals surface area contributed by atoms with Gasteiger partial charge < -0.3 is 20.3 Å². The molecule has 178 valence electrons. The number of fused-ring (bicyclic) bond motifs is 1. The Morgan fingerprint density at radius 1 is 1.11 bits per heavy atom. The summed E-state index contributed by atoms with van der Waals surface area (Å²) in [5.41, 5.74) is 2.34. The van der Waals surface area contributed by atoms with Crippen molar-refractivity contribution in [3.05, 3.63) is 72.6 Å². The Bertz CT molecular complexity index is 1530. The van der Waals surface area contributed by atoms with E-state index in [1.807, 2.05) is 24.3 Å². The molecule has 3 heterocycles. The summed E-state index contributed by atoms with van der Waals surface area (Å²) in [6.07, 6.45) is 3.09. The predicted molar refractivity (Wildman–Crippen MR) is 135 cm³/mol. The molecule has 1 aliphatic heterocycles. The van der Waals surface area contributed by atoms with Crippen LogP contribution in [0.25, 0.3) is 10.9 Å². The van der Waals surface area contributed by atoms with E-state index < -0.39 is 10.0 Å². The minimum Gasteiger partial charge on any atom is -0.494 e. The number of nitriles is 1. The van der Waals surface area contributed by atoms with Crippen LogP contribution in [0.15, 0.2) is 71.9 Å². The van der Waals surface area contributed by atoms with Crippen molar-refractivity contribution in [2.75, 3.05) is 43.5 Å². The zero-order valence-corrected chi connectivity index (χ0v) is 19.9. The molecule has 0 atom stereocenters. The number of hydrogen-bond acceptors (Lipinski definition) is 8. The maximum atomic E-state index is 13.4. The fraction of sp³-hybridized carbons (Fsp3) is 0.200. The van der Waals surface area contributed by atoms with E-state index in [2.05, 4.69) is 20.5 Å². The lowest BCUT2D eigenvalue weighted by molar-refractivity contribution is 0.416. The van der Waals surface area contributed by atoms with Gasteiger partial charge in [-0.1, -0.05) is 12.1 Å². The van der Waals surface area contributed by atoms with Gasteiger partial charge in [-0.15, -0.1) is 0 Å². The third-order valence-corrected chi connectivity index (χ3v) is 7.76. The zero-order chi connectivity index (χ0) is 24.4. The summed E-state index contributed by atoms with van der Waals surface area (Å²) in [6, 6.07) is 17.4. The second-order valence-corrected chi connectivity index (χ2v) is 9.88. The Morgan fingerprint density at radius 2 is 1.91 bits per heavy atom. The summed E-state index contributed by atoms with van der Waals surface area (Å²) in [5.74, 6) is 1.13. The fourth-order valence-electron chi connectivity index (χ4n) is 4.21.